The number of hydrogen-bond acceptors (Lipinski definition) is 7. The Morgan fingerprint density at radius 1 is 1.06 bits per heavy atom. The molecule has 1 aliphatic heterocycles. The van der Waals surface area contributed by atoms with Gasteiger partial charge in [0.25, 0.3) is 5.91 Å². The third kappa shape index (κ3) is 4.70. The van der Waals surface area contributed by atoms with Crippen molar-refractivity contribution >= 4 is 17.4 Å². The molecule has 4 rings (SSSR count). The summed E-state index contributed by atoms with van der Waals surface area (Å²) < 4.78 is 63.9. The number of hydrogen-bond donors (Lipinski definition) is 2. The fourth-order valence-corrected chi connectivity index (χ4v) is 4.16. The number of methoxy groups -OCH3 is 4. The first kappa shape index (κ1) is 25.0. The topological polar surface area (TPSA) is 95.9 Å². The molecule has 0 saturated heterocycles. The molecule has 0 bridgehead atoms. The molecule has 36 heavy (non-hydrogen) atoms. The van der Waals surface area contributed by atoms with E-state index < -0.39 is 24.2 Å². The highest BCUT2D eigenvalue weighted by Crippen LogP contribution is 2.45. The van der Waals surface area contributed by atoms with Crippen molar-refractivity contribution in [2.45, 2.75) is 24.7 Å². The first-order valence-electron chi connectivity index (χ1n) is 10.9. The Morgan fingerprint density at radius 2 is 1.75 bits per heavy atom. The van der Waals surface area contributed by atoms with Gasteiger partial charge in [0.05, 0.1) is 40.7 Å². The summed E-state index contributed by atoms with van der Waals surface area (Å²) in [6, 6.07) is 7.13. The number of ether oxygens (including phenoxy) is 4. The van der Waals surface area contributed by atoms with Gasteiger partial charge in [-0.15, -0.1) is 0 Å². The number of alkyl halides is 3. The van der Waals surface area contributed by atoms with Gasteiger partial charge in [0.2, 0.25) is 5.75 Å². The van der Waals surface area contributed by atoms with Crippen LogP contribution in [0.3, 0.4) is 0 Å². The predicted octanol–water partition coefficient (Wildman–Crippen LogP) is 4.83. The first-order valence-corrected chi connectivity index (χ1v) is 10.9. The van der Waals surface area contributed by atoms with Gasteiger partial charge in [-0.25, -0.2) is 4.68 Å². The molecule has 2 atom stereocenters. The zero-order valence-electron chi connectivity index (χ0n) is 20.0. The molecule has 0 fully saturated rings. The number of carbonyl (C=O) groups is 1. The van der Waals surface area contributed by atoms with Crippen molar-refractivity contribution in [1.29, 1.82) is 0 Å². The fourth-order valence-electron chi connectivity index (χ4n) is 4.16. The standard InChI is InChI=1S/C24H25F3N4O5/c1-33-15-7-5-6-13(8-15)17-11-20(24(25,26)27)31-22(30-17)16(12-28-31)23(32)29-14-9-18(34-2)21(36-4)19(10-14)35-3/h5-10,12,17,20,30H,11H2,1-4H3,(H,29,32)/t17-,20+/m0/s1. The highest BCUT2D eigenvalue weighted by atomic mass is 19.4. The van der Waals surface area contributed by atoms with Gasteiger partial charge in [0, 0.05) is 24.2 Å². The zero-order chi connectivity index (χ0) is 26.0. The molecule has 192 valence electrons. The van der Waals surface area contributed by atoms with Crippen LogP contribution in [-0.4, -0.2) is 50.3 Å². The number of carbonyl (C=O) groups excluding carboxylic acids is 1. The lowest BCUT2D eigenvalue weighted by Gasteiger charge is -2.34. The molecule has 1 amide bonds. The molecular formula is C24H25F3N4O5. The van der Waals surface area contributed by atoms with Crippen LogP contribution >= 0.6 is 0 Å². The Labute approximate surface area is 205 Å². The summed E-state index contributed by atoms with van der Waals surface area (Å²) in [5, 5.41) is 9.64. The SMILES string of the molecule is COc1cccc([C@@H]2C[C@H](C(F)(F)F)n3ncc(C(=O)Nc4cc(OC)c(OC)c(OC)c4)c3N2)c1. The number of aromatic nitrogens is 2. The summed E-state index contributed by atoms with van der Waals surface area (Å²) in [7, 11) is 5.78. The van der Waals surface area contributed by atoms with Gasteiger partial charge in [0.1, 0.15) is 17.1 Å². The minimum atomic E-state index is -4.58. The van der Waals surface area contributed by atoms with Crippen molar-refractivity contribution in [1.82, 2.24) is 9.78 Å². The number of benzene rings is 2. The number of amides is 1. The van der Waals surface area contributed by atoms with Crippen LogP contribution in [0.25, 0.3) is 0 Å². The number of nitrogens with one attached hydrogen (secondary N) is 2. The quantitative estimate of drug-likeness (QED) is 0.474. The van der Waals surface area contributed by atoms with E-state index in [9.17, 15) is 18.0 Å². The van der Waals surface area contributed by atoms with Gasteiger partial charge in [-0.2, -0.15) is 18.3 Å². The van der Waals surface area contributed by atoms with E-state index in [1.165, 1.54) is 40.6 Å². The maximum atomic E-state index is 14.0. The second-order valence-corrected chi connectivity index (χ2v) is 7.99. The molecule has 1 aromatic heterocycles. The van der Waals surface area contributed by atoms with Crippen LogP contribution in [0, 0.1) is 0 Å². The number of anilines is 2. The van der Waals surface area contributed by atoms with E-state index in [4.69, 9.17) is 18.9 Å². The summed E-state index contributed by atoms with van der Waals surface area (Å²) >= 11 is 0. The van der Waals surface area contributed by atoms with Crippen LogP contribution in [0.15, 0.2) is 42.6 Å². The van der Waals surface area contributed by atoms with E-state index in [2.05, 4.69) is 15.7 Å². The Morgan fingerprint density at radius 3 is 2.33 bits per heavy atom. The smallest absolute Gasteiger partial charge is 0.410 e. The molecule has 2 N–H and O–H groups in total. The summed E-state index contributed by atoms with van der Waals surface area (Å²) in [5.74, 6) is 0.746. The lowest BCUT2D eigenvalue weighted by Crippen LogP contribution is -2.36. The number of rotatable bonds is 7. The van der Waals surface area contributed by atoms with E-state index in [-0.39, 0.29) is 17.8 Å². The first-order chi connectivity index (χ1) is 17.2. The van der Waals surface area contributed by atoms with Gasteiger partial charge >= 0.3 is 6.18 Å². The third-order valence-corrected chi connectivity index (χ3v) is 5.90. The molecule has 0 spiro atoms. The van der Waals surface area contributed by atoms with E-state index >= 15 is 0 Å². The number of halogens is 3. The maximum absolute atomic E-state index is 14.0. The number of fused-ring (bicyclic) bond motifs is 1. The van der Waals surface area contributed by atoms with Gasteiger partial charge < -0.3 is 29.6 Å². The van der Waals surface area contributed by atoms with Gasteiger partial charge in [0.15, 0.2) is 17.5 Å². The van der Waals surface area contributed by atoms with Crippen molar-refractivity contribution in [2.24, 2.45) is 0 Å². The summed E-state index contributed by atoms with van der Waals surface area (Å²) in [6.45, 7) is 0. The highest BCUT2D eigenvalue weighted by Gasteiger charge is 2.47. The lowest BCUT2D eigenvalue weighted by atomic mass is 9.96. The number of nitrogens with zero attached hydrogens (tertiary/aromatic N) is 2. The van der Waals surface area contributed by atoms with Crippen molar-refractivity contribution in [3.8, 4) is 23.0 Å². The Hall–Kier alpha value is -4.09. The minimum absolute atomic E-state index is 0.0404. The van der Waals surface area contributed by atoms with Crippen LogP contribution in [0.1, 0.15) is 34.4 Å². The molecule has 3 aromatic rings. The second kappa shape index (κ2) is 9.88. The molecule has 2 heterocycles. The lowest BCUT2D eigenvalue weighted by molar-refractivity contribution is -0.173. The summed E-state index contributed by atoms with van der Waals surface area (Å²) in [4.78, 5) is 13.2. The summed E-state index contributed by atoms with van der Waals surface area (Å²) in [5.41, 5.74) is 0.833. The Kier molecular flexibility index (Phi) is 6.86. The van der Waals surface area contributed by atoms with E-state index in [0.29, 0.717) is 34.2 Å². The average molecular weight is 506 g/mol. The van der Waals surface area contributed by atoms with Gasteiger partial charge in [-0.05, 0) is 17.7 Å². The predicted molar refractivity (Wildman–Crippen MR) is 125 cm³/mol. The zero-order valence-corrected chi connectivity index (χ0v) is 20.0. The van der Waals surface area contributed by atoms with Crippen LogP contribution in [0.4, 0.5) is 24.7 Å². The van der Waals surface area contributed by atoms with Gasteiger partial charge in [-0.1, -0.05) is 12.1 Å². The Balaban J connectivity index is 1.69. The molecule has 2 aromatic carbocycles. The largest absolute Gasteiger partial charge is 0.497 e. The molecular weight excluding hydrogens is 481 g/mol. The van der Waals surface area contributed by atoms with Crippen molar-refractivity contribution in [3.63, 3.8) is 0 Å². The van der Waals surface area contributed by atoms with Crippen molar-refractivity contribution in [2.75, 3.05) is 39.1 Å². The van der Waals surface area contributed by atoms with Gasteiger partial charge in [-0.3, -0.25) is 4.79 Å². The van der Waals surface area contributed by atoms with E-state index in [1.54, 1.807) is 24.3 Å². The minimum Gasteiger partial charge on any atom is -0.497 e. The fraction of sp³-hybridized carbons (Fsp3) is 0.333. The van der Waals surface area contributed by atoms with Crippen molar-refractivity contribution < 1.29 is 36.9 Å². The maximum Gasteiger partial charge on any atom is 0.410 e. The molecule has 0 aliphatic carbocycles. The second-order valence-electron chi connectivity index (χ2n) is 7.99. The Bertz CT molecular complexity index is 1240. The van der Waals surface area contributed by atoms with Crippen LogP contribution < -0.4 is 29.6 Å². The van der Waals surface area contributed by atoms with Crippen molar-refractivity contribution in [3.05, 3.63) is 53.7 Å². The van der Waals surface area contributed by atoms with Crippen LogP contribution in [-0.2, 0) is 0 Å². The molecule has 9 nitrogen and oxygen atoms in total. The highest BCUT2D eigenvalue weighted by molar-refractivity contribution is 6.07. The van der Waals surface area contributed by atoms with Crippen LogP contribution in [0.2, 0.25) is 0 Å². The van der Waals surface area contributed by atoms with E-state index in [1.807, 2.05) is 0 Å². The third-order valence-electron chi connectivity index (χ3n) is 5.90. The average Bonchev–Trinajstić information content (AvgIpc) is 3.31. The molecule has 1 aliphatic rings. The monoisotopic (exact) mass is 506 g/mol. The normalized spacial score (nSPS) is 17.0. The molecule has 0 radical (unpaired) electrons. The molecule has 0 saturated carbocycles. The molecule has 0 unspecified atom stereocenters. The van der Waals surface area contributed by atoms with E-state index in [0.717, 1.165) is 10.9 Å². The van der Waals surface area contributed by atoms with Crippen LogP contribution in [0.5, 0.6) is 23.0 Å². The molecule has 12 heteroatoms. The summed E-state index contributed by atoms with van der Waals surface area (Å²) in [6.07, 6.45) is -3.77.